The van der Waals surface area contributed by atoms with E-state index in [1.165, 1.54) is 33.6 Å². The first-order valence-corrected chi connectivity index (χ1v) is 7.11. The highest BCUT2D eigenvalue weighted by molar-refractivity contribution is 5.71. The number of pyridine rings is 1. The van der Waals surface area contributed by atoms with Crippen LogP contribution in [0.3, 0.4) is 0 Å². The van der Waals surface area contributed by atoms with Gasteiger partial charge in [0.1, 0.15) is 0 Å². The molecule has 3 rings (SSSR count). The van der Waals surface area contributed by atoms with Crippen LogP contribution in [0.15, 0.2) is 30.5 Å². The smallest absolute Gasteiger partial charge is 0.452 e. The number of aromatic nitrogens is 3. The predicted molar refractivity (Wildman–Crippen MR) is 83.1 cm³/mol. The van der Waals surface area contributed by atoms with Gasteiger partial charge in [-0.05, 0) is 35.4 Å². The minimum Gasteiger partial charge on any atom is -0.493 e. The molecule has 2 heterocycles. The Morgan fingerprint density at radius 1 is 0.880 bits per heavy atom. The molecule has 132 valence electrons. The van der Waals surface area contributed by atoms with Crippen LogP contribution in [0.25, 0.3) is 16.8 Å². The Bertz CT molecular complexity index is 897. The van der Waals surface area contributed by atoms with E-state index in [1.54, 1.807) is 18.2 Å². The van der Waals surface area contributed by atoms with Crippen LogP contribution in [0.5, 0.6) is 17.2 Å². The Balaban J connectivity index is 2.19. The molecule has 0 atom stereocenters. The summed E-state index contributed by atoms with van der Waals surface area (Å²) in [7, 11) is 4.40. The van der Waals surface area contributed by atoms with E-state index < -0.39 is 12.0 Å². The zero-order chi connectivity index (χ0) is 18.2. The molecule has 1 aromatic carbocycles. The molecular formula is C16H14F3N3O3. The van der Waals surface area contributed by atoms with E-state index in [-0.39, 0.29) is 5.65 Å². The molecule has 0 saturated heterocycles. The number of halogens is 3. The van der Waals surface area contributed by atoms with Crippen LogP contribution in [0.2, 0.25) is 0 Å². The molecule has 0 amide bonds. The fourth-order valence-corrected chi connectivity index (χ4v) is 2.50. The Morgan fingerprint density at radius 3 is 2.04 bits per heavy atom. The lowest BCUT2D eigenvalue weighted by molar-refractivity contribution is -0.145. The van der Waals surface area contributed by atoms with Crippen molar-refractivity contribution in [3.05, 3.63) is 36.3 Å². The number of hydrogen-bond acceptors (Lipinski definition) is 5. The molecule has 0 aliphatic heterocycles. The molecule has 0 spiro atoms. The second-order valence-electron chi connectivity index (χ2n) is 5.08. The molecule has 0 N–H and O–H groups in total. The van der Waals surface area contributed by atoms with E-state index in [9.17, 15) is 13.2 Å². The van der Waals surface area contributed by atoms with Gasteiger partial charge < -0.3 is 14.2 Å². The summed E-state index contributed by atoms with van der Waals surface area (Å²) < 4.78 is 55.8. The lowest BCUT2D eigenvalue weighted by atomic mass is 10.1. The largest absolute Gasteiger partial charge is 0.493 e. The van der Waals surface area contributed by atoms with Gasteiger partial charge in [-0.3, -0.25) is 4.40 Å². The van der Waals surface area contributed by atoms with Gasteiger partial charge in [-0.25, -0.2) is 0 Å². The maximum Gasteiger partial charge on any atom is 0.452 e. The molecule has 0 unspecified atom stereocenters. The van der Waals surface area contributed by atoms with Gasteiger partial charge in [0.25, 0.3) is 0 Å². The topological polar surface area (TPSA) is 57.9 Å². The fourth-order valence-electron chi connectivity index (χ4n) is 2.50. The number of methoxy groups -OCH3 is 3. The first-order chi connectivity index (χ1) is 11.9. The highest BCUT2D eigenvalue weighted by atomic mass is 19.4. The summed E-state index contributed by atoms with van der Waals surface area (Å²) >= 11 is 0. The summed E-state index contributed by atoms with van der Waals surface area (Å²) in [6, 6.07) is 6.41. The van der Waals surface area contributed by atoms with E-state index in [4.69, 9.17) is 14.2 Å². The van der Waals surface area contributed by atoms with Gasteiger partial charge in [-0.1, -0.05) is 0 Å². The van der Waals surface area contributed by atoms with Crippen molar-refractivity contribution in [1.29, 1.82) is 0 Å². The van der Waals surface area contributed by atoms with E-state index in [1.807, 2.05) is 0 Å². The van der Waals surface area contributed by atoms with Crippen LogP contribution in [0.4, 0.5) is 13.2 Å². The summed E-state index contributed by atoms with van der Waals surface area (Å²) in [5, 5.41) is 6.75. The Kier molecular flexibility index (Phi) is 4.15. The third-order valence-corrected chi connectivity index (χ3v) is 3.65. The molecule has 3 aromatic rings. The maximum atomic E-state index is 13.0. The highest BCUT2D eigenvalue weighted by Gasteiger charge is 2.36. The summed E-state index contributed by atoms with van der Waals surface area (Å²) in [4.78, 5) is 0. The quantitative estimate of drug-likeness (QED) is 0.719. The summed E-state index contributed by atoms with van der Waals surface area (Å²) in [5.41, 5.74) is 1.21. The van der Waals surface area contributed by atoms with Crippen molar-refractivity contribution < 1.29 is 27.4 Å². The predicted octanol–water partition coefficient (Wildman–Crippen LogP) is 3.44. The minimum atomic E-state index is -4.60. The van der Waals surface area contributed by atoms with Crippen LogP contribution < -0.4 is 14.2 Å². The highest BCUT2D eigenvalue weighted by Crippen LogP contribution is 2.41. The number of ether oxygens (including phenoxy) is 3. The van der Waals surface area contributed by atoms with E-state index in [0.717, 1.165) is 4.40 Å². The Morgan fingerprint density at radius 2 is 1.52 bits per heavy atom. The average Bonchev–Trinajstić information content (AvgIpc) is 3.03. The van der Waals surface area contributed by atoms with Gasteiger partial charge in [0, 0.05) is 6.20 Å². The molecule has 0 aliphatic carbocycles. The van der Waals surface area contributed by atoms with Crippen molar-refractivity contribution >= 4 is 5.65 Å². The lowest BCUT2D eigenvalue weighted by Crippen LogP contribution is -2.10. The fraction of sp³-hybridized carbons (Fsp3) is 0.250. The van der Waals surface area contributed by atoms with Crippen molar-refractivity contribution in [2.45, 2.75) is 6.18 Å². The van der Waals surface area contributed by atoms with E-state index in [0.29, 0.717) is 28.4 Å². The van der Waals surface area contributed by atoms with Crippen molar-refractivity contribution in [3.8, 4) is 28.4 Å². The third kappa shape index (κ3) is 2.92. The molecule has 0 aliphatic rings. The number of fused-ring (bicyclic) bond motifs is 1. The van der Waals surface area contributed by atoms with Gasteiger partial charge in [0.2, 0.25) is 11.6 Å². The number of rotatable bonds is 4. The third-order valence-electron chi connectivity index (χ3n) is 3.65. The lowest BCUT2D eigenvalue weighted by Gasteiger charge is -2.14. The van der Waals surface area contributed by atoms with E-state index >= 15 is 0 Å². The second-order valence-corrected chi connectivity index (χ2v) is 5.08. The van der Waals surface area contributed by atoms with Gasteiger partial charge >= 0.3 is 6.18 Å². The zero-order valence-corrected chi connectivity index (χ0v) is 13.6. The number of alkyl halides is 3. The van der Waals surface area contributed by atoms with Crippen LogP contribution >= 0.6 is 0 Å². The van der Waals surface area contributed by atoms with Gasteiger partial charge in [-0.2, -0.15) is 13.2 Å². The normalized spacial score (nSPS) is 11.6. The average molecular weight is 353 g/mol. The summed E-state index contributed by atoms with van der Waals surface area (Å²) in [6.07, 6.45) is -3.29. The van der Waals surface area contributed by atoms with Crippen LogP contribution in [-0.2, 0) is 6.18 Å². The second kappa shape index (κ2) is 6.15. The molecule has 0 saturated carbocycles. The first kappa shape index (κ1) is 16.9. The Labute approximate surface area is 140 Å². The maximum absolute atomic E-state index is 13.0. The molecule has 9 heteroatoms. The van der Waals surface area contributed by atoms with Crippen LogP contribution in [-0.4, -0.2) is 35.9 Å². The summed E-state index contributed by atoms with van der Waals surface area (Å²) in [6.45, 7) is 0. The molecular weight excluding hydrogens is 339 g/mol. The monoisotopic (exact) mass is 353 g/mol. The first-order valence-electron chi connectivity index (χ1n) is 7.11. The summed E-state index contributed by atoms with van der Waals surface area (Å²) in [5.74, 6) is 0.111. The van der Waals surface area contributed by atoms with Gasteiger partial charge in [-0.15, -0.1) is 10.2 Å². The molecule has 2 aromatic heterocycles. The molecule has 0 fully saturated rings. The van der Waals surface area contributed by atoms with Crippen molar-refractivity contribution in [2.24, 2.45) is 0 Å². The van der Waals surface area contributed by atoms with Crippen molar-refractivity contribution in [3.63, 3.8) is 0 Å². The van der Waals surface area contributed by atoms with Crippen molar-refractivity contribution in [1.82, 2.24) is 14.6 Å². The molecule has 6 nitrogen and oxygen atoms in total. The molecule has 0 bridgehead atoms. The standard InChI is InChI=1S/C16H14F3N3O3/c1-23-11-6-10(7-12(24-2)14(11)25-3)9-4-5-13-20-21-15(16(17,18)19)22(13)8-9/h4-8H,1-3H3. The minimum absolute atomic E-state index is 0.100. The number of nitrogens with zero attached hydrogens (tertiary/aromatic N) is 3. The number of benzene rings is 1. The zero-order valence-electron chi connectivity index (χ0n) is 13.6. The Hall–Kier alpha value is -2.97. The van der Waals surface area contributed by atoms with Crippen molar-refractivity contribution in [2.75, 3.05) is 21.3 Å². The number of hydrogen-bond donors (Lipinski definition) is 0. The van der Waals surface area contributed by atoms with Gasteiger partial charge in [0.05, 0.1) is 21.3 Å². The molecule has 0 radical (unpaired) electrons. The SMILES string of the molecule is COc1cc(-c2ccc3nnc(C(F)(F)F)n3c2)cc(OC)c1OC. The van der Waals surface area contributed by atoms with E-state index in [2.05, 4.69) is 10.2 Å². The van der Waals surface area contributed by atoms with Crippen LogP contribution in [0.1, 0.15) is 5.82 Å². The molecule has 25 heavy (non-hydrogen) atoms. The van der Waals surface area contributed by atoms with Crippen LogP contribution in [0, 0.1) is 0 Å². The van der Waals surface area contributed by atoms with Gasteiger partial charge in [0.15, 0.2) is 17.1 Å².